The third-order valence-corrected chi connectivity index (χ3v) is 4.48. The molecule has 6 heteroatoms. The van der Waals surface area contributed by atoms with Crippen molar-refractivity contribution in [3.05, 3.63) is 58.0 Å². The Morgan fingerprint density at radius 2 is 1.88 bits per heavy atom. The first kappa shape index (κ1) is 18.1. The average molecular weight is 348 g/mol. The molecule has 2 amide bonds. The monoisotopic (exact) mass is 348 g/mol. The maximum Gasteiger partial charge on any atom is 0.262 e. The third-order valence-electron chi connectivity index (χ3n) is 3.61. The summed E-state index contributed by atoms with van der Waals surface area (Å²) in [5.41, 5.74) is 0.945. The number of carbonyl (C=O) groups is 2. The Bertz CT molecular complexity index is 669. The predicted octanol–water partition coefficient (Wildman–Crippen LogP) is 3.00. The number of rotatable bonds is 7. The van der Waals surface area contributed by atoms with Gasteiger partial charge in [0.05, 0.1) is 4.88 Å². The average Bonchev–Trinajstić information content (AvgIpc) is 3.08. The summed E-state index contributed by atoms with van der Waals surface area (Å²) < 4.78 is 12.9. The van der Waals surface area contributed by atoms with Gasteiger partial charge in [0.25, 0.3) is 5.91 Å². The summed E-state index contributed by atoms with van der Waals surface area (Å²) in [6, 6.07) is 9.12. The van der Waals surface area contributed by atoms with E-state index in [-0.39, 0.29) is 23.5 Å². The van der Waals surface area contributed by atoms with E-state index >= 15 is 0 Å². The second kappa shape index (κ2) is 8.59. The van der Waals surface area contributed by atoms with Gasteiger partial charge in [-0.25, -0.2) is 4.39 Å². The molecule has 0 spiro atoms. The van der Waals surface area contributed by atoms with E-state index in [2.05, 4.69) is 10.6 Å². The second-order valence-electron chi connectivity index (χ2n) is 5.84. The van der Waals surface area contributed by atoms with Crippen molar-refractivity contribution in [2.75, 3.05) is 6.54 Å². The highest BCUT2D eigenvalue weighted by molar-refractivity contribution is 7.12. The van der Waals surface area contributed by atoms with Gasteiger partial charge in [-0.15, -0.1) is 11.3 Å². The molecule has 0 unspecified atom stereocenters. The second-order valence-corrected chi connectivity index (χ2v) is 6.79. The summed E-state index contributed by atoms with van der Waals surface area (Å²) >= 11 is 1.34. The van der Waals surface area contributed by atoms with Crippen molar-refractivity contribution in [1.82, 2.24) is 10.6 Å². The van der Waals surface area contributed by atoms with Crippen LogP contribution >= 0.6 is 11.3 Å². The lowest BCUT2D eigenvalue weighted by molar-refractivity contribution is -0.123. The molecule has 0 aliphatic rings. The number of amides is 2. The summed E-state index contributed by atoms with van der Waals surface area (Å²) in [6.45, 7) is 4.21. The molecular weight excluding hydrogens is 327 g/mol. The zero-order valence-electron chi connectivity index (χ0n) is 13.7. The number of carbonyl (C=O) groups excluding carboxylic acids is 2. The van der Waals surface area contributed by atoms with Gasteiger partial charge in [0.1, 0.15) is 11.9 Å². The minimum Gasteiger partial charge on any atom is -0.354 e. The minimum absolute atomic E-state index is 0.0280. The van der Waals surface area contributed by atoms with E-state index in [4.69, 9.17) is 0 Å². The molecule has 1 aromatic carbocycles. The van der Waals surface area contributed by atoms with E-state index in [1.165, 1.54) is 23.5 Å². The maximum atomic E-state index is 12.9. The first-order chi connectivity index (χ1) is 11.5. The lowest BCUT2D eigenvalue weighted by atomic mass is 10.0. The van der Waals surface area contributed by atoms with Gasteiger partial charge in [-0.3, -0.25) is 9.59 Å². The lowest BCUT2D eigenvalue weighted by Gasteiger charge is -2.21. The molecule has 24 heavy (non-hydrogen) atoms. The smallest absolute Gasteiger partial charge is 0.262 e. The van der Waals surface area contributed by atoms with Gasteiger partial charge in [-0.1, -0.05) is 32.0 Å². The Balaban J connectivity index is 1.87. The molecule has 0 bridgehead atoms. The molecule has 0 saturated carbocycles. The number of thiophene rings is 1. The van der Waals surface area contributed by atoms with Gasteiger partial charge >= 0.3 is 0 Å². The van der Waals surface area contributed by atoms with Gasteiger partial charge in [0, 0.05) is 6.54 Å². The summed E-state index contributed by atoms with van der Waals surface area (Å²) in [5.74, 6) is -0.756. The van der Waals surface area contributed by atoms with E-state index in [1.54, 1.807) is 24.3 Å². The van der Waals surface area contributed by atoms with Gasteiger partial charge in [-0.05, 0) is 41.5 Å². The Morgan fingerprint density at radius 1 is 1.17 bits per heavy atom. The highest BCUT2D eigenvalue weighted by Gasteiger charge is 2.24. The van der Waals surface area contributed by atoms with Crippen LogP contribution in [0.15, 0.2) is 41.8 Å². The molecule has 0 fully saturated rings. The van der Waals surface area contributed by atoms with Gasteiger partial charge < -0.3 is 10.6 Å². The van der Waals surface area contributed by atoms with Gasteiger partial charge in [-0.2, -0.15) is 0 Å². The number of benzene rings is 1. The fourth-order valence-corrected chi connectivity index (χ4v) is 2.87. The van der Waals surface area contributed by atoms with Crippen LogP contribution in [0.1, 0.15) is 29.1 Å². The fourth-order valence-electron chi connectivity index (χ4n) is 2.25. The van der Waals surface area contributed by atoms with Crippen LogP contribution in [0.25, 0.3) is 0 Å². The first-order valence-electron chi connectivity index (χ1n) is 7.84. The van der Waals surface area contributed by atoms with E-state index < -0.39 is 6.04 Å². The Kier molecular flexibility index (Phi) is 6.49. The lowest BCUT2D eigenvalue weighted by Crippen LogP contribution is -2.49. The SMILES string of the molecule is CC(C)[C@H](NC(=O)c1cccs1)C(=O)NCCc1ccc(F)cc1. The van der Waals surface area contributed by atoms with Crippen molar-refractivity contribution in [3.8, 4) is 0 Å². The number of hydrogen-bond donors (Lipinski definition) is 2. The van der Waals surface area contributed by atoms with Crippen LogP contribution in [-0.2, 0) is 11.2 Å². The zero-order chi connectivity index (χ0) is 17.5. The number of hydrogen-bond acceptors (Lipinski definition) is 3. The standard InChI is InChI=1S/C18H21FN2O2S/c1-12(2)16(21-17(22)15-4-3-11-24-15)18(23)20-10-9-13-5-7-14(19)8-6-13/h3-8,11-12,16H,9-10H2,1-2H3,(H,20,23)(H,21,22)/t16-/m0/s1. The zero-order valence-corrected chi connectivity index (χ0v) is 14.5. The highest BCUT2D eigenvalue weighted by atomic mass is 32.1. The molecular formula is C18H21FN2O2S. The highest BCUT2D eigenvalue weighted by Crippen LogP contribution is 2.10. The van der Waals surface area contributed by atoms with Crippen LogP contribution in [0.4, 0.5) is 4.39 Å². The van der Waals surface area contributed by atoms with Crippen molar-refractivity contribution in [2.24, 2.45) is 5.92 Å². The van der Waals surface area contributed by atoms with Crippen molar-refractivity contribution in [3.63, 3.8) is 0 Å². The molecule has 128 valence electrons. The molecule has 0 aliphatic carbocycles. The summed E-state index contributed by atoms with van der Waals surface area (Å²) in [5, 5.41) is 7.44. The quantitative estimate of drug-likeness (QED) is 0.808. The van der Waals surface area contributed by atoms with Crippen molar-refractivity contribution < 1.29 is 14.0 Å². The fraction of sp³-hybridized carbons (Fsp3) is 0.333. The normalized spacial score (nSPS) is 12.0. The van der Waals surface area contributed by atoms with Crippen LogP contribution in [0.2, 0.25) is 0 Å². The maximum absolute atomic E-state index is 12.9. The summed E-state index contributed by atoms with van der Waals surface area (Å²) in [6.07, 6.45) is 0.607. The van der Waals surface area contributed by atoms with Crippen LogP contribution < -0.4 is 10.6 Å². The largest absolute Gasteiger partial charge is 0.354 e. The molecule has 0 radical (unpaired) electrons. The minimum atomic E-state index is -0.590. The predicted molar refractivity (Wildman–Crippen MR) is 93.5 cm³/mol. The summed E-state index contributed by atoms with van der Waals surface area (Å²) in [7, 11) is 0. The molecule has 2 N–H and O–H groups in total. The van der Waals surface area contributed by atoms with Crippen LogP contribution in [0.5, 0.6) is 0 Å². The van der Waals surface area contributed by atoms with E-state index in [0.29, 0.717) is 17.8 Å². The molecule has 0 saturated heterocycles. The topological polar surface area (TPSA) is 58.2 Å². The van der Waals surface area contributed by atoms with Crippen LogP contribution in [-0.4, -0.2) is 24.4 Å². The molecule has 1 heterocycles. The summed E-state index contributed by atoms with van der Waals surface area (Å²) in [4.78, 5) is 25.1. The Hall–Kier alpha value is -2.21. The van der Waals surface area contributed by atoms with Crippen molar-refractivity contribution in [1.29, 1.82) is 0 Å². The van der Waals surface area contributed by atoms with Crippen LogP contribution in [0, 0.1) is 11.7 Å². The third kappa shape index (κ3) is 5.16. The van der Waals surface area contributed by atoms with E-state index in [9.17, 15) is 14.0 Å². The van der Waals surface area contributed by atoms with Crippen molar-refractivity contribution >= 4 is 23.2 Å². The molecule has 1 atom stereocenters. The molecule has 2 aromatic rings. The molecule has 2 rings (SSSR count). The van der Waals surface area contributed by atoms with E-state index in [0.717, 1.165) is 5.56 Å². The first-order valence-corrected chi connectivity index (χ1v) is 8.72. The van der Waals surface area contributed by atoms with Crippen molar-refractivity contribution in [2.45, 2.75) is 26.3 Å². The molecule has 4 nitrogen and oxygen atoms in total. The van der Waals surface area contributed by atoms with Crippen LogP contribution in [0.3, 0.4) is 0 Å². The van der Waals surface area contributed by atoms with Gasteiger partial charge in [0.2, 0.25) is 5.91 Å². The van der Waals surface area contributed by atoms with E-state index in [1.807, 2.05) is 19.2 Å². The molecule has 0 aliphatic heterocycles. The Labute approximate surface area is 145 Å². The van der Waals surface area contributed by atoms with Gasteiger partial charge in [0.15, 0.2) is 0 Å². The number of nitrogens with one attached hydrogen (secondary N) is 2. The Morgan fingerprint density at radius 3 is 2.46 bits per heavy atom. The number of halogens is 1. The molecule has 1 aromatic heterocycles.